The van der Waals surface area contributed by atoms with Crippen molar-refractivity contribution in [1.82, 2.24) is 9.97 Å². The van der Waals surface area contributed by atoms with Crippen molar-refractivity contribution in [1.29, 1.82) is 0 Å². The summed E-state index contributed by atoms with van der Waals surface area (Å²) in [5, 5.41) is 0.692. The first-order chi connectivity index (χ1) is 15.1. The van der Waals surface area contributed by atoms with Gasteiger partial charge in [-0.25, -0.2) is 9.37 Å². The van der Waals surface area contributed by atoms with Crippen LogP contribution in [-0.2, 0) is 0 Å². The van der Waals surface area contributed by atoms with Crippen molar-refractivity contribution in [2.75, 3.05) is 0 Å². The highest BCUT2D eigenvalue weighted by atomic mass is 19.1. The van der Waals surface area contributed by atoms with Crippen LogP contribution in [0, 0.1) is 5.82 Å². The van der Waals surface area contributed by atoms with Crippen LogP contribution in [0.1, 0.15) is 5.56 Å². The largest absolute Gasteiger partial charge is 0.268 e. The molecule has 1 atom stereocenters. The third kappa shape index (κ3) is 2.64. The second-order valence-electron chi connectivity index (χ2n) is 7.44. The van der Waals surface area contributed by atoms with Crippen LogP contribution in [0.2, 0.25) is 0 Å². The predicted molar refractivity (Wildman–Crippen MR) is 118 cm³/mol. The Labute approximate surface area is 177 Å². The SMILES string of the molecule is N[N+]12C=CN=CC1=C(C1=CC=C1)N=C2c1cc2nc(-c3ccccn3)ccc2cc1F. The minimum atomic E-state index is -0.406. The molecule has 6 nitrogen and oxygen atoms in total. The number of halogens is 1. The first-order valence-electron chi connectivity index (χ1n) is 9.77. The van der Waals surface area contributed by atoms with Crippen LogP contribution in [0.5, 0.6) is 0 Å². The van der Waals surface area contributed by atoms with Crippen molar-refractivity contribution in [2.45, 2.75) is 0 Å². The van der Waals surface area contributed by atoms with E-state index in [0.29, 0.717) is 39.4 Å². The Hall–Kier alpha value is -4.07. The van der Waals surface area contributed by atoms with Crippen LogP contribution in [0.4, 0.5) is 4.39 Å². The van der Waals surface area contributed by atoms with Gasteiger partial charge >= 0.3 is 0 Å². The minimum absolute atomic E-state index is 0.244. The lowest BCUT2D eigenvalue weighted by molar-refractivity contribution is -0.750. The zero-order valence-electron chi connectivity index (χ0n) is 16.3. The summed E-state index contributed by atoms with van der Waals surface area (Å²) in [6.07, 6.45) is 12.5. The monoisotopic (exact) mass is 407 g/mol. The molecule has 0 amide bonds. The van der Waals surface area contributed by atoms with Gasteiger partial charge in [-0.3, -0.25) is 9.98 Å². The van der Waals surface area contributed by atoms with E-state index in [9.17, 15) is 0 Å². The molecule has 1 aromatic carbocycles. The summed E-state index contributed by atoms with van der Waals surface area (Å²) < 4.78 is 15.0. The maximum atomic E-state index is 15.3. The number of rotatable bonds is 3. The Morgan fingerprint density at radius 3 is 2.71 bits per heavy atom. The molecule has 7 heteroatoms. The normalized spacial score (nSPS) is 21.2. The van der Waals surface area contributed by atoms with Crippen LogP contribution < -0.4 is 5.84 Å². The van der Waals surface area contributed by atoms with Gasteiger partial charge in [-0.1, -0.05) is 30.4 Å². The average Bonchev–Trinajstić information content (AvgIpc) is 3.05. The molecule has 3 aromatic rings. The number of fused-ring (bicyclic) bond motifs is 2. The molecule has 0 saturated heterocycles. The van der Waals surface area contributed by atoms with Gasteiger partial charge in [-0.15, -0.1) is 4.59 Å². The smallest absolute Gasteiger partial charge is 0.255 e. The van der Waals surface area contributed by atoms with E-state index in [1.54, 1.807) is 30.9 Å². The standard InChI is InChI=1S/C24H16FN6/c25-18-12-16-7-8-20(19-6-1-2-9-28-19)29-21(16)13-17(18)24-30-23(15-4-3-5-15)22-14-27-10-11-31(22,24)26/h1-14H,26H2/q+1. The minimum Gasteiger partial charge on any atom is -0.255 e. The molecule has 0 spiro atoms. The summed E-state index contributed by atoms with van der Waals surface area (Å²) in [5.41, 5.74) is 4.74. The molecule has 148 valence electrons. The fourth-order valence-corrected chi connectivity index (χ4v) is 3.89. The van der Waals surface area contributed by atoms with Gasteiger partial charge in [0.1, 0.15) is 17.7 Å². The number of hydrogen-bond donors (Lipinski definition) is 1. The van der Waals surface area contributed by atoms with Crippen LogP contribution in [0.25, 0.3) is 22.3 Å². The lowest BCUT2D eigenvalue weighted by Crippen LogP contribution is -2.53. The molecule has 0 radical (unpaired) electrons. The van der Waals surface area contributed by atoms with Crippen LogP contribution in [0.15, 0.2) is 106 Å². The second-order valence-corrected chi connectivity index (χ2v) is 7.44. The molecule has 4 heterocycles. The summed E-state index contributed by atoms with van der Waals surface area (Å²) in [6.45, 7) is 0. The van der Waals surface area contributed by atoms with Gasteiger partial charge in [-0.05, 0) is 30.3 Å². The van der Waals surface area contributed by atoms with Crippen molar-refractivity contribution in [3.05, 3.63) is 108 Å². The Balaban J connectivity index is 1.52. The van der Waals surface area contributed by atoms with Crippen LogP contribution >= 0.6 is 0 Å². The average molecular weight is 407 g/mol. The first-order valence-corrected chi connectivity index (χ1v) is 9.77. The van der Waals surface area contributed by atoms with E-state index in [1.165, 1.54) is 6.07 Å². The molecule has 31 heavy (non-hydrogen) atoms. The van der Waals surface area contributed by atoms with E-state index in [-0.39, 0.29) is 4.59 Å². The summed E-state index contributed by atoms with van der Waals surface area (Å²) in [4.78, 5) is 18.0. The number of aromatic nitrogens is 2. The Morgan fingerprint density at radius 1 is 1.03 bits per heavy atom. The van der Waals surface area contributed by atoms with E-state index in [2.05, 4.69) is 9.98 Å². The molecule has 1 unspecified atom stereocenters. The van der Waals surface area contributed by atoms with E-state index < -0.39 is 5.82 Å². The highest BCUT2D eigenvalue weighted by molar-refractivity contribution is 6.03. The number of nitrogens with zero attached hydrogens (tertiary/aromatic N) is 5. The van der Waals surface area contributed by atoms with Crippen molar-refractivity contribution < 1.29 is 8.98 Å². The molecule has 2 aliphatic heterocycles. The van der Waals surface area contributed by atoms with Crippen LogP contribution in [0.3, 0.4) is 0 Å². The number of pyridine rings is 2. The van der Waals surface area contributed by atoms with Gasteiger partial charge in [0.05, 0.1) is 34.9 Å². The fraction of sp³-hybridized carbons (Fsp3) is 0. The van der Waals surface area contributed by atoms with E-state index in [4.69, 9.17) is 15.8 Å². The first kappa shape index (κ1) is 17.8. The number of benzene rings is 1. The number of allylic oxidation sites excluding steroid dienone is 4. The summed E-state index contributed by atoms with van der Waals surface area (Å²) in [6, 6.07) is 12.5. The zero-order valence-corrected chi connectivity index (χ0v) is 16.3. The molecule has 0 saturated carbocycles. The lowest BCUT2D eigenvalue weighted by Gasteiger charge is -2.26. The van der Waals surface area contributed by atoms with Gasteiger partial charge in [0.25, 0.3) is 5.84 Å². The Morgan fingerprint density at radius 2 is 1.94 bits per heavy atom. The zero-order chi connectivity index (χ0) is 21.0. The molecule has 2 N–H and O–H groups in total. The van der Waals surface area contributed by atoms with Crippen molar-refractivity contribution in [3.8, 4) is 11.4 Å². The highest BCUT2D eigenvalue weighted by Crippen LogP contribution is 2.37. The van der Waals surface area contributed by atoms with Crippen LogP contribution in [-0.4, -0.2) is 26.6 Å². The molecule has 0 bridgehead atoms. The fourth-order valence-electron chi connectivity index (χ4n) is 3.89. The van der Waals surface area contributed by atoms with Gasteiger partial charge in [0, 0.05) is 17.2 Å². The molecule has 1 aliphatic carbocycles. The Kier molecular flexibility index (Phi) is 3.70. The number of nitrogens with two attached hydrogens (primary N) is 1. The molecular weight excluding hydrogens is 391 g/mol. The number of aliphatic imine (C=N–C) groups is 2. The number of hydrogen-bond acceptors (Lipinski definition) is 5. The van der Waals surface area contributed by atoms with E-state index >= 15 is 4.39 Å². The van der Waals surface area contributed by atoms with Crippen molar-refractivity contribution in [3.63, 3.8) is 0 Å². The lowest BCUT2D eigenvalue weighted by atomic mass is 10.0. The van der Waals surface area contributed by atoms with Gasteiger partial charge in [0.2, 0.25) is 5.70 Å². The van der Waals surface area contributed by atoms with Gasteiger partial charge in [0.15, 0.2) is 0 Å². The van der Waals surface area contributed by atoms with E-state index in [0.717, 1.165) is 11.3 Å². The predicted octanol–water partition coefficient (Wildman–Crippen LogP) is 4.15. The third-order valence-corrected chi connectivity index (χ3v) is 5.57. The van der Waals surface area contributed by atoms with Crippen molar-refractivity contribution in [2.24, 2.45) is 15.8 Å². The third-order valence-electron chi connectivity index (χ3n) is 5.57. The van der Waals surface area contributed by atoms with Gasteiger partial charge < -0.3 is 0 Å². The molecule has 3 aliphatic rings. The summed E-state index contributed by atoms with van der Waals surface area (Å²) >= 11 is 0. The Bertz CT molecular complexity index is 1450. The second kappa shape index (κ2) is 6.46. The quantitative estimate of drug-likeness (QED) is 0.523. The highest BCUT2D eigenvalue weighted by Gasteiger charge is 2.45. The molecule has 0 fully saturated rings. The molecule has 6 rings (SSSR count). The maximum absolute atomic E-state index is 15.3. The molecule has 2 aromatic heterocycles. The maximum Gasteiger partial charge on any atom is 0.268 e. The molecular formula is C24H16FN6+. The summed E-state index contributed by atoms with van der Waals surface area (Å²) in [5.74, 6) is 6.68. The van der Waals surface area contributed by atoms with Gasteiger partial charge in [-0.2, -0.15) is 10.8 Å². The summed E-state index contributed by atoms with van der Waals surface area (Å²) in [7, 11) is 0. The number of quaternary nitrogens is 1. The number of amidine groups is 1. The van der Waals surface area contributed by atoms with Crippen molar-refractivity contribution >= 4 is 23.0 Å². The topological polar surface area (TPSA) is 76.5 Å². The van der Waals surface area contributed by atoms with E-state index in [1.807, 2.05) is 48.6 Å².